The Balaban J connectivity index is 1.86. The highest BCUT2D eigenvalue weighted by Gasteiger charge is 2.23. The molecule has 8 nitrogen and oxygen atoms in total. The van der Waals surface area contributed by atoms with Gasteiger partial charge in [-0.1, -0.05) is 5.92 Å². The molecule has 10 heteroatoms. The Morgan fingerprint density at radius 2 is 2.15 bits per heavy atom. The van der Waals surface area contributed by atoms with Crippen LogP contribution in [0.3, 0.4) is 0 Å². The van der Waals surface area contributed by atoms with Gasteiger partial charge in [-0.25, -0.2) is 9.97 Å². The normalized spacial score (nSPS) is 14.4. The van der Waals surface area contributed by atoms with Crippen molar-refractivity contribution in [3.05, 3.63) is 21.9 Å². The lowest BCUT2D eigenvalue weighted by Crippen LogP contribution is -2.44. The van der Waals surface area contributed by atoms with Crippen LogP contribution in [0.25, 0.3) is 11.2 Å². The maximum Gasteiger partial charge on any atom is 0.280 e. The Kier molecular flexibility index (Phi) is 5.15. The molecule has 1 saturated heterocycles. The van der Waals surface area contributed by atoms with E-state index in [2.05, 4.69) is 32.0 Å². The number of piperazine rings is 1. The fraction of sp³-hybridized carbons (Fsp3) is 0.412. The first-order valence-electron chi connectivity index (χ1n) is 8.59. The largest absolute Gasteiger partial charge is 0.340 e. The first-order valence-corrected chi connectivity index (χ1v) is 10.3. The number of imidazole rings is 1. The summed E-state index contributed by atoms with van der Waals surface area (Å²) in [5.74, 6) is 6.73. The third-order valence-corrected chi connectivity index (χ3v) is 6.26. The van der Waals surface area contributed by atoms with Crippen molar-refractivity contribution in [3.8, 4) is 11.8 Å². The van der Waals surface area contributed by atoms with Crippen molar-refractivity contribution in [1.82, 2.24) is 29.4 Å². The van der Waals surface area contributed by atoms with Crippen molar-refractivity contribution in [2.24, 2.45) is 7.05 Å². The quantitative estimate of drug-likeness (QED) is 0.519. The Labute approximate surface area is 164 Å². The van der Waals surface area contributed by atoms with Crippen LogP contribution in [-0.2, 0) is 13.6 Å². The smallest absolute Gasteiger partial charge is 0.280 e. The molecule has 0 atom stereocenters. The van der Waals surface area contributed by atoms with Crippen LogP contribution in [0.5, 0.6) is 0 Å². The minimum absolute atomic E-state index is 0.120. The molecule has 1 fully saturated rings. The summed E-state index contributed by atoms with van der Waals surface area (Å²) in [5, 5.41) is 5.82. The van der Waals surface area contributed by atoms with Crippen molar-refractivity contribution in [2.45, 2.75) is 23.0 Å². The van der Waals surface area contributed by atoms with Crippen molar-refractivity contribution in [2.75, 3.05) is 31.1 Å². The molecule has 0 aliphatic carbocycles. The summed E-state index contributed by atoms with van der Waals surface area (Å²) in [5.41, 5.74) is 0.840. The van der Waals surface area contributed by atoms with E-state index in [1.807, 2.05) is 9.95 Å². The van der Waals surface area contributed by atoms with E-state index in [1.165, 1.54) is 23.1 Å². The molecule has 1 aliphatic heterocycles. The maximum atomic E-state index is 13.1. The van der Waals surface area contributed by atoms with E-state index in [1.54, 1.807) is 24.7 Å². The average Bonchev–Trinajstić information content (AvgIpc) is 3.32. The van der Waals surface area contributed by atoms with Crippen LogP contribution in [0.1, 0.15) is 6.92 Å². The Hall–Kier alpha value is -2.35. The third kappa shape index (κ3) is 3.45. The zero-order valence-corrected chi connectivity index (χ0v) is 16.7. The summed E-state index contributed by atoms with van der Waals surface area (Å²) >= 11 is 2.89. The van der Waals surface area contributed by atoms with Gasteiger partial charge < -0.3 is 10.2 Å². The van der Waals surface area contributed by atoms with E-state index in [9.17, 15) is 4.79 Å². The molecule has 0 saturated carbocycles. The minimum Gasteiger partial charge on any atom is -0.340 e. The van der Waals surface area contributed by atoms with Gasteiger partial charge >= 0.3 is 0 Å². The van der Waals surface area contributed by atoms with Crippen LogP contribution >= 0.6 is 23.1 Å². The summed E-state index contributed by atoms with van der Waals surface area (Å²) in [6.45, 7) is 5.66. The van der Waals surface area contributed by atoms with Crippen LogP contribution in [0.4, 0.5) is 5.95 Å². The molecule has 0 amide bonds. The number of hydrogen-bond donors (Lipinski definition) is 1. The van der Waals surface area contributed by atoms with Gasteiger partial charge in [0, 0.05) is 44.8 Å². The average molecular weight is 402 g/mol. The highest BCUT2D eigenvalue weighted by atomic mass is 32.2. The fourth-order valence-electron chi connectivity index (χ4n) is 2.97. The van der Waals surface area contributed by atoms with Gasteiger partial charge in [0.15, 0.2) is 20.7 Å². The minimum atomic E-state index is -0.120. The number of nitrogens with one attached hydrogen (secondary N) is 1. The molecule has 27 heavy (non-hydrogen) atoms. The van der Waals surface area contributed by atoms with Crippen LogP contribution in [0.15, 0.2) is 25.9 Å². The number of rotatable bonds is 4. The predicted molar refractivity (Wildman–Crippen MR) is 108 cm³/mol. The number of hydrogen-bond acceptors (Lipinski definition) is 8. The molecule has 4 rings (SSSR count). The topological polar surface area (TPSA) is 80.9 Å². The zero-order chi connectivity index (χ0) is 18.8. The standard InChI is InChI=1S/C17H19N7OS2/c1-3-4-8-24-12-13(20-15(24)23-9-5-18-6-10-23)21-16(22(2)14(12)25)27-17-19-7-11-26-17/h7,11,18H,5-6,8-10H2,1-2H3. The lowest BCUT2D eigenvalue weighted by Gasteiger charge is -2.28. The third-order valence-electron chi connectivity index (χ3n) is 4.33. The molecule has 0 bridgehead atoms. The first kappa shape index (κ1) is 18.0. The molecular weight excluding hydrogens is 382 g/mol. The van der Waals surface area contributed by atoms with Crippen molar-refractivity contribution >= 4 is 40.2 Å². The second kappa shape index (κ2) is 7.72. The van der Waals surface area contributed by atoms with Crippen LogP contribution < -0.4 is 15.8 Å². The molecule has 0 spiro atoms. The molecular formula is C17H19N7OS2. The van der Waals surface area contributed by atoms with Gasteiger partial charge in [-0.15, -0.1) is 17.3 Å². The second-order valence-electron chi connectivity index (χ2n) is 5.99. The first-order chi connectivity index (χ1) is 13.2. The molecule has 3 aromatic heterocycles. The van der Waals surface area contributed by atoms with Gasteiger partial charge in [-0.05, 0) is 18.7 Å². The number of thiazole rings is 1. The highest BCUT2D eigenvalue weighted by Crippen LogP contribution is 2.28. The van der Waals surface area contributed by atoms with Gasteiger partial charge in [0.25, 0.3) is 5.56 Å². The molecule has 0 aromatic carbocycles. The van der Waals surface area contributed by atoms with Crippen LogP contribution in [0, 0.1) is 11.8 Å². The molecule has 4 heterocycles. The SMILES string of the molecule is CC#CCn1c(N2CCNCC2)nc2nc(Sc3nccs3)n(C)c(=O)c21. The predicted octanol–water partition coefficient (Wildman–Crippen LogP) is 1.17. The second-order valence-corrected chi connectivity index (χ2v) is 8.10. The van der Waals surface area contributed by atoms with Crippen molar-refractivity contribution < 1.29 is 0 Å². The Bertz CT molecular complexity index is 1070. The number of aromatic nitrogens is 5. The van der Waals surface area contributed by atoms with E-state index in [0.717, 1.165) is 36.5 Å². The van der Waals surface area contributed by atoms with Crippen molar-refractivity contribution in [1.29, 1.82) is 0 Å². The number of nitrogens with zero attached hydrogens (tertiary/aromatic N) is 6. The van der Waals surface area contributed by atoms with E-state index in [-0.39, 0.29) is 5.56 Å². The fourth-order valence-corrected chi connectivity index (χ4v) is 4.54. The monoisotopic (exact) mass is 401 g/mol. The molecule has 1 N–H and O–H groups in total. The molecule has 140 valence electrons. The van der Waals surface area contributed by atoms with E-state index in [4.69, 9.17) is 4.98 Å². The molecule has 0 unspecified atom stereocenters. The zero-order valence-electron chi connectivity index (χ0n) is 15.1. The van der Waals surface area contributed by atoms with E-state index in [0.29, 0.717) is 22.9 Å². The lowest BCUT2D eigenvalue weighted by atomic mass is 10.4. The van der Waals surface area contributed by atoms with Gasteiger partial charge in [-0.2, -0.15) is 4.98 Å². The van der Waals surface area contributed by atoms with E-state index < -0.39 is 0 Å². The molecule has 0 radical (unpaired) electrons. The number of anilines is 1. The Morgan fingerprint density at radius 3 is 2.85 bits per heavy atom. The molecule has 3 aromatic rings. The summed E-state index contributed by atoms with van der Waals surface area (Å²) in [4.78, 5) is 28.9. The van der Waals surface area contributed by atoms with E-state index >= 15 is 0 Å². The summed E-state index contributed by atoms with van der Waals surface area (Å²) in [6, 6.07) is 0. The lowest BCUT2D eigenvalue weighted by molar-refractivity contribution is 0.573. The summed E-state index contributed by atoms with van der Waals surface area (Å²) < 4.78 is 4.30. The maximum absolute atomic E-state index is 13.1. The van der Waals surface area contributed by atoms with Gasteiger partial charge in [0.2, 0.25) is 5.95 Å². The summed E-state index contributed by atoms with van der Waals surface area (Å²) in [6.07, 6.45) is 1.74. The number of fused-ring (bicyclic) bond motifs is 1. The highest BCUT2D eigenvalue weighted by molar-refractivity contribution is 8.00. The van der Waals surface area contributed by atoms with Gasteiger partial charge in [0.05, 0.1) is 6.54 Å². The Morgan fingerprint density at radius 1 is 1.33 bits per heavy atom. The van der Waals surface area contributed by atoms with Crippen LogP contribution in [0.2, 0.25) is 0 Å². The van der Waals surface area contributed by atoms with Crippen molar-refractivity contribution in [3.63, 3.8) is 0 Å². The van der Waals surface area contributed by atoms with Crippen LogP contribution in [-0.4, -0.2) is 50.3 Å². The molecule has 1 aliphatic rings. The van der Waals surface area contributed by atoms with Gasteiger partial charge in [0.1, 0.15) is 0 Å². The van der Waals surface area contributed by atoms with Gasteiger partial charge in [-0.3, -0.25) is 13.9 Å². The summed E-state index contributed by atoms with van der Waals surface area (Å²) in [7, 11) is 1.73.